The molecule has 118 valence electrons. The highest BCUT2D eigenvalue weighted by molar-refractivity contribution is 5.55. The molecule has 0 spiro atoms. The lowest BCUT2D eigenvalue weighted by atomic mass is 10.1. The summed E-state index contributed by atoms with van der Waals surface area (Å²) in [5, 5.41) is 12.4. The Hall–Kier alpha value is -2.14. The van der Waals surface area contributed by atoms with E-state index in [1.54, 1.807) is 6.07 Å². The van der Waals surface area contributed by atoms with E-state index in [0.717, 1.165) is 23.5 Å². The van der Waals surface area contributed by atoms with Gasteiger partial charge >= 0.3 is 0 Å². The Bertz CT molecular complexity index is 571. The molecule has 2 N–H and O–H groups in total. The standard InChI is InChI=1S/C17H22FN3O/c1-3-16(17-9-4-13(18)12-19-17)20-14-5-7-15(8-6-14)21(2)10-11-22/h4-9,12,16,20,22H,3,10-11H2,1-2H3. The maximum atomic E-state index is 13.0. The molecule has 0 amide bonds. The van der Waals surface area contributed by atoms with Gasteiger partial charge in [-0.3, -0.25) is 4.98 Å². The van der Waals surface area contributed by atoms with Gasteiger partial charge in [0.15, 0.2) is 0 Å². The van der Waals surface area contributed by atoms with Gasteiger partial charge in [0, 0.05) is 25.0 Å². The summed E-state index contributed by atoms with van der Waals surface area (Å²) in [6.07, 6.45) is 2.09. The van der Waals surface area contributed by atoms with Crippen LogP contribution in [0.15, 0.2) is 42.6 Å². The Morgan fingerprint density at radius 2 is 1.95 bits per heavy atom. The van der Waals surface area contributed by atoms with Gasteiger partial charge in [0.1, 0.15) is 5.82 Å². The number of benzene rings is 1. The van der Waals surface area contributed by atoms with Crippen molar-refractivity contribution in [3.63, 3.8) is 0 Å². The fraction of sp³-hybridized carbons (Fsp3) is 0.353. The third kappa shape index (κ3) is 4.18. The van der Waals surface area contributed by atoms with E-state index in [1.807, 2.05) is 36.2 Å². The molecule has 1 unspecified atom stereocenters. The first-order chi connectivity index (χ1) is 10.6. The van der Waals surface area contributed by atoms with Gasteiger partial charge < -0.3 is 15.3 Å². The number of aliphatic hydroxyl groups is 1. The monoisotopic (exact) mass is 303 g/mol. The number of hydrogen-bond donors (Lipinski definition) is 2. The molecule has 4 nitrogen and oxygen atoms in total. The number of likely N-dealkylation sites (N-methyl/N-ethyl adjacent to an activating group) is 1. The normalized spacial score (nSPS) is 12.0. The van der Waals surface area contributed by atoms with Crippen molar-refractivity contribution in [1.29, 1.82) is 0 Å². The number of nitrogens with one attached hydrogen (secondary N) is 1. The Morgan fingerprint density at radius 3 is 2.50 bits per heavy atom. The first kappa shape index (κ1) is 16.2. The molecule has 5 heteroatoms. The SMILES string of the molecule is CCC(Nc1ccc(N(C)CCO)cc1)c1ccc(F)cn1. The number of anilines is 2. The molecule has 0 radical (unpaired) electrons. The smallest absolute Gasteiger partial charge is 0.141 e. The highest BCUT2D eigenvalue weighted by atomic mass is 19.1. The molecule has 1 aromatic carbocycles. The number of halogens is 1. The molecule has 2 rings (SSSR count). The third-order valence-electron chi connectivity index (χ3n) is 3.60. The predicted molar refractivity (Wildman–Crippen MR) is 87.6 cm³/mol. The molecular weight excluding hydrogens is 281 g/mol. The van der Waals surface area contributed by atoms with Crippen LogP contribution in [0.3, 0.4) is 0 Å². The molecule has 0 saturated heterocycles. The van der Waals surface area contributed by atoms with Gasteiger partial charge in [-0.25, -0.2) is 4.39 Å². The number of aliphatic hydroxyl groups excluding tert-OH is 1. The van der Waals surface area contributed by atoms with E-state index in [0.29, 0.717) is 6.54 Å². The second-order valence-corrected chi connectivity index (χ2v) is 5.20. The molecular formula is C17H22FN3O. The van der Waals surface area contributed by atoms with Gasteiger partial charge in [-0.15, -0.1) is 0 Å². The van der Waals surface area contributed by atoms with Crippen LogP contribution >= 0.6 is 0 Å². The fourth-order valence-corrected chi connectivity index (χ4v) is 2.27. The molecule has 0 bridgehead atoms. The third-order valence-corrected chi connectivity index (χ3v) is 3.60. The second kappa shape index (κ2) is 7.75. The zero-order chi connectivity index (χ0) is 15.9. The van der Waals surface area contributed by atoms with E-state index in [1.165, 1.54) is 12.3 Å². The highest BCUT2D eigenvalue weighted by Gasteiger charge is 2.11. The lowest BCUT2D eigenvalue weighted by Crippen LogP contribution is -2.21. The summed E-state index contributed by atoms with van der Waals surface area (Å²) in [7, 11) is 1.94. The summed E-state index contributed by atoms with van der Waals surface area (Å²) in [4.78, 5) is 6.13. The maximum Gasteiger partial charge on any atom is 0.141 e. The molecule has 0 aliphatic rings. The molecule has 2 aromatic rings. The Labute approximate surface area is 130 Å². The molecule has 1 atom stereocenters. The van der Waals surface area contributed by atoms with Crippen LogP contribution in [0.25, 0.3) is 0 Å². The van der Waals surface area contributed by atoms with Crippen LogP contribution in [0.1, 0.15) is 25.1 Å². The van der Waals surface area contributed by atoms with Crippen LogP contribution in [0.2, 0.25) is 0 Å². The number of rotatable bonds is 7. The Kier molecular flexibility index (Phi) is 5.72. The first-order valence-electron chi connectivity index (χ1n) is 7.44. The quantitative estimate of drug-likeness (QED) is 0.824. The highest BCUT2D eigenvalue weighted by Crippen LogP contribution is 2.23. The van der Waals surface area contributed by atoms with Crippen molar-refractivity contribution in [3.05, 3.63) is 54.1 Å². The van der Waals surface area contributed by atoms with Crippen LogP contribution in [0, 0.1) is 5.82 Å². The molecule has 0 fully saturated rings. The van der Waals surface area contributed by atoms with Crippen LogP contribution in [-0.2, 0) is 0 Å². The molecule has 22 heavy (non-hydrogen) atoms. The molecule has 0 saturated carbocycles. The van der Waals surface area contributed by atoms with Crippen molar-refractivity contribution in [3.8, 4) is 0 Å². The van der Waals surface area contributed by atoms with Gasteiger partial charge in [0.2, 0.25) is 0 Å². The van der Waals surface area contributed by atoms with Gasteiger partial charge in [-0.1, -0.05) is 6.92 Å². The van der Waals surface area contributed by atoms with Crippen LogP contribution < -0.4 is 10.2 Å². The minimum absolute atomic E-state index is 0.0432. The Morgan fingerprint density at radius 1 is 1.23 bits per heavy atom. The summed E-state index contributed by atoms with van der Waals surface area (Å²) >= 11 is 0. The lowest BCUT2D eigenvalue weighted by molar-refractivity contribution is 0.304. The average molecular weight is 303 g/mol. The van der Waals surface area contributed by atoms with Crippen molar-refractivity contribution in [2.45, 2.75) is 19.4 Å². The van der Waals surface area contributed by atoms with E-state index in [9.17, 15) is 4.39 Å². The predicted octanol–water partition coefficient (Wildman–Crippen LogP) is 3.21. The summed E-state index contributed by atoms with van der Waals surface area (Å²) in [6.45, 7) is 2.79. The fourth-order valence-electron chi connectivity index (χ4n) is 2.27. The summed E-state index contributed by atoms with van der Waals surface area (Å²) in [6, 6.07) is 11.2. The van der Waals surface area contributed by atoms with Gasteiger partial charge in [0.25, 0.3) is 0 Å². The Balaban J connectivity index is 2.06. The van der Waals surface area contributed by atoms with Gasteiger partial charge in [0.05, 0.1) is 24.5 Å². The van der Waals surface area contributed by atoms with Crippen LogP contribution in [-0.4, -0.2) is 30.3 Å². The van der Waals surface area contributed by atoms with Gasteiger partial charge in [-0.05, 0) is 42.8 Å². The number of aromatic nitrogens is 1. The van der Waals surface area contributed by atoms with Crippen molar-refractivity contribution in [1.82, 2.24) is 4.98 Å². The zero-order valence-electron chi connectivity index (χ0n) is 13.0. The van der Waals surface area contributed by atoms with Crippen molar-refractivity contribution in [2.24, 2.45) is 0 Å². The summed E-state index contributed by atoms with van der Waals surface area (Å²) in [5.41, 5.74) is 2.86. The summed E-state index contributed by atoms with van der Waals surface area (Å²) < 4.78 is 13.0. The second-order valence-electron chi connectivity index (χ2n) is 5.20. The lowest BCUT2D eigenvalue weighted by Gasteiger charge is -2.20. The van der Waals surface area contributed by atoms with Crippen LogP contribution in [0.4, 0.5) is 15.8 Å². The number of pyridine rings is 1. The largest absolute Gasteiger partial charge is 0.395 e. The van der Waals surface area contributed by atoms with Crippen molar-refractivity contribution >= 4 is 11.4 Å². The van der Waals surface area contributed by atoms with E-state index in [-0.39, 0.29) is 18.5 Å². The van der Waals surface area contributed by atoms with Gasteiger partial charge in [-0.2, -0.15) is 0 Å². The van der Waals surface area contributed by atoms with Crippen molar-refractivity contribution in [2.75, 3.05) is 30.4 Å². The van der Waals surface area contributed by atoms with E-state index >= 15 is 0 Å². The van der Waals surface area contributed by atoms with E-state index in [2.05, 4.69) is 17.2 Å². The average Bonchev–Trinajstić information content (AvgIpc) is 2.54. The van der Waals surface area contributed by atoms with Crippen molar-refractivity contribution < 1.29 is 9.50 Å². The molecule has 0 aliphatic carbocycles. The molecule has 0 aliphatic heterocycles. The van der Waals surface area contributed by atoms with Crippen LogP contribution in [0.5, 0.6) is 0 Å². The first-order valence-corrected chi connectivity index (χ1v) is 7.44. The van der Waals surface area contributed by atoms with E-state index in [4.69, 9.17) is 5.11 Å². The van der Waals surface area contributed by atoms with E-state index < -0.39 is 0 Å². The maximum absolute atomic E-state index is 13.0. The number of hydrogen-bond acceptors (Lipinski definition) is 4. The number of nitrogens with zero attached hydrogens (tertiary/aromatic N) is 2. The topological polar surface area (TPSA) is 48.4 Å². The summed E-state index contributed by atoms with van der Waals surface area (Å²) in [5.74, 6) is -0.324. The molecule has 1 heterocycles. The molecule has 1 aromatic heterocycles. The minimum Gasteiger partial charge on any atom is -0.395 e. The zero-order valence-corrected chi connectivity index (χ0v) is 13.0. The minimum atomic E-state index is -0.324.